The minimum Gasteiger partial charge on any atom is -0.347 e. The number of likely N-dealkylation sites (tertiary alicyclic amines) is 1. The summed E-state index contributed by atoms with van der Waals surface area (Å²) in [5, 5.41) is 0. The molecule has 2 aliphatic rings. The Morgan fingerprint density at radius 3 is 2.79 bits per heavy atom. The highest BCUT2D eigenvalue weighted by Gasteiger charge is 2.42. The molecule has 1 aromatic carbocycles. The Kier molecular flexibility index (Phi) is 5.78. The molecule has 1 amide bonds. The lowest BCUT2D eigenvalue weighted by Gasteiger charge is -2.32. The lowest BCUT2D eigenvalue weighted by molar-refractivity contribution is -0.131. The smallest absolute Gasteiger partial charge is 0.227 e. The first-order valence-corrected chi connectivity index (χ1v) is 10.4. The Labute approximate surface area is 172 Å². The number of hydrogen-bond acceptors (Lipinski definition) is 6. The van der Waals surface area contributed by atoms with Gasteiger partial charge < -0.3 is 9.80 Å². The van der Waals surface area contributed by atoms with E-state index < -0.39 is 0 Å². The number of hydrazine groups is 1. The van der Waals surface area contributed by atoms with Crippen LogP contribution in [0.1, 0.15) is 35.6 Å². The van der Waals surface area contributed by atoms with Crippen LogP contribution in [0.4, 0.5) is 5.95 Å². The average molecular weight is 395 g/mol. The number of carbonyl (C=O) groups is 1. The van der Waals surface area contributed by atoms with Crippen LogP contribution < -0.4 is 15.8 Å². The second-order valence-electron chi connectivity index (χ2n) is 8.29. The van der Waals surface area contributed by atoms with Crippen molar-refractivity contribution >= 4 is 11.9 Å². The first-order chi connectivity index (χ1) is 14.0. The van der Waals surface area contributed by atoms with E-state index in [4.69, 9.17) is 4.98 Å². The van der Waals surface area contributed by atoms with Gasteiger partial charge in [0.15, 0.2) is 0 Å². The van der Waals surface area contributed by atoms with Crippen molar-refractivity contribution in [2.24, 2.45) is 0 Å². The van der Waals surface area contributed by atoms with E-state index in [0.717, 1.165) is 37.2 Å². The van der Waals surface area contributed by atoms with Crippen molar-refractivity contribution < 1.29 is 4.79 Å². The van der Waals surface area contributed by atoms with Crippen LogP contribution in [0.3, 0.4) is 0 Å². The average Bonchev–Trinajstić information content (AvgIpc) is 3.39. The van der Waals surface area contributed by atoms with Crippen molar-refractivity contribution in [1.82, 2.24) is 25.7 Å². The van der Waals surface area contributed by atoms with E-state index in [1.165, 1.54) is 5.56 Å². The molecular formula is C22H30N6O. The highest BCUT2D eigenvalue weighted by molar-refractivity contribution is 5.79. The standard InChI is InChI=1S/C22H30N6O/c1-15-6-8-16(9-7-15)13-20(29)28-12-4-5-19(28)21-17(14-24-26-21)18-10-11-23-22(25-18)27(2)3/h6-11,17,19,21,24,26H,4-5,12-14H2,1-3H3. The summed E-state index contributed by atoms with van der Waals surface area (Å²) >= 11 is 0. The molecule has 7 nitrogen and oxygen atoms in total. The van der Waals surface area contributed by atoms with Gasteiger partial charge in [-0.05, 0) is 31.4 Å². The third-order valence-corrected chi connectivity index (χ3v) is 5.98. The summed E-state index contributed by atoms with van der Waals surface area (Å²) < 4.78 is 0. The van der Waals surface area contributed by atoms with Crippen LogP contribution in [-0.4, -0.2) is 60.0 Å². The summed E-state index contributed by atoms with van der Waals surface area (Å²) in [6.07, 6.45) is 4.34. The topological polar surface area (TPSA) is 73.4 Å². The van der Waals surface area contributed by atoms with Crippen LogP contribution in [0.25, 0.3) is 0 Å². The maximum Gasteiger partial charge on any atom is 0.227 e. The maximum atomic E-state index is 13.1. The molecule has 2 saturated heterocycles. The molecule has 3 atom stereocenters. The minimum absolute atomic E-state index is 0.143. The lowest BCUT2D eigenvalue weighted by atomic mass is 9.90. The number of hydrogen-bond donors (Lipinski definition) is 2. The number of rotatable bonds is 5. The molecule has 0 radical (unpaired) electrons. The van der Waals surface area contributed by atoms with Crippen molar-refractivity contribution in [2.45, 2.75) is 44.2 Å². The third kappa shape index (κ3) is 4.26. The zero-order chi connectivity index (χ0) is 20.4. The summed E-state index contributed by atoms with van der Waals surface area (Å²) in [6.45, 7) is 3.69. The molecule has 2 aliphatic heterocycles. The number of anilines is 1. The Hall–Kier alpha value is -2.51. The number of aryl methyl sites for hydroxylation is 1. The number of amides is 1. The fraction of sp³-hybridized carbons (Fsp3) is 0.500. The van der Waals surface area contributed by atoms with E-state index in [2.05, 4.69) is 51.9 Å². The van der Waals surface area contributed by atoms with Gasteiger partial charge >= 0.3 is 0 Å². The van der Waals surface area contributed by atoms with E-state index in [9.17, 15) is 4.79 Å². The molecule has 0 aliphatic carbocycles. The zero-order valence-electron chi connectivity index (χ0n) is 17.4. The molecule has 2 N–H and O–H groups in total. The fourth-order valence-electron chi connectivity index (χ4n) is 4.41. The Balaban J connectivity index is 1.50. The van der Waals surface area contributed by atoms with Crippen LogP contribution in [0.5, 0.6) is 0 Å². The summed E-state index contributed by atoms with van der Waals surface area (Å²) in [5.41, 5.74) is 10.0. The van der Waals surface area contributed by atoms with E-state index in [1.807, 2.05) is 31.3 Å². The molecular weight excluding hydrogens is 364 g/mol. The van der Waals surface area contributed by atoms with Crippen molar-refractivity contribution in [1.29, 1.82) is 0 Å². The van der Waals surface area contributed by atoms with Gasteiger partial charge in [-0.25, -0.2) is 9.97 Å². The predicted octanol–water partition coefficient (Wildman–Crippen LogP) is 1.64. The number of aromatic nitrogens is 2. The highest BCUT2D eigenvalue weighted by Crippen LogP contribution is 2.31. The molecule has 2 aromatic rings. The predicted molar refractivity (Wildman–Crippen MR) is 114 cm³/mol. The molecule has 29 heavy (non-hydrogen) atoms. The van der Waals surface area contributed by atoms with Crippen molar-refractivity contribution in [3.63, 3.8) is 0 Å². The highest BCUT2D eigenvalue weighted by atomic mass is 16.2. The monoisotopic (exact) mass is 394 g/mol. The first kappa shape index (κ1) is 19.8. The molecule has 2 fully saturated rings. The van der Waals surface area contributed by atoms with Crippen LogP contribution in [0.15, 0.2) is 36.5 Å². The van der Waals surface area contributed by atoms with Gasteiger partial charge in [-0.3, -0.25) is 15.6 Å². The van der Waals surface area contributed by atoms with Crippen LogP contribution in [0, 0.1) is 6.92 Å². The van der Waals surface area contributed by atoms with Gasteiger partial charge in [0.2, 0.25) is 11.9 Å². The Morgan fingerprint density at radius 2 is 2.03 bits per heavy atom. The van der Waals surface area contributed by atoms with Gasteiger partial charge in [-0.2, -0.15) is 0 Å². The van der Waals surface area contributed by atoms with Crippen LogP contribution in [-0.2, 0) is 11.2 Å². The van der Waals surface area contributed by atoms with Crippen molar-refractivity contribution in [2.75, 3.05) is 32.1 Å². The molecule has 3 unspecified atom stereocenters. The number of benzene rings is 1. The molecule has 7 heteroatoms. The molecule has 154 valence electrons. The SMILES string of the molecule is Cc1ccc(CC(=O)N2CCCC2C2NNCC2c2ccnc(N(C)C)n2)cc1. The third-order valence-electron chi connectivity index (χ3n) is 5.98. The molecule has 4 rings (SSSR count). The van der Waals surface area contributed by atoms with Crippen LogP contribution >= 0.6 is 0 Å². The summed E-state index contributed by atoms with van der Waals surface area (Å²) in [6, 6.07) is 10.6. The van der Waals surface area contributed by atoms with Gasteiger partial charge in [0.05, 0.1) is 18.2 Å². The number of nitrogens with one attached hydrogen (secondary N) is 2. The zero-order valence-corrected chi connectivity index (χ0v) is 17.4. The molecule has 0 saturated carbocycles. The Bertz CT molecular complexity index is 853. The lowest BCUT2D eigenvalue weighted by Crippen LogP contribution is -2.50. The normalized spacial score (nSPS) is 24.1. The van der Waals surface area contributed by atoms with E-state index >= 15 is 0 Å². The first-order valence-electron chi connectivity index (χ1n) is 10.4. The van der Waals surface area contributed by atoms with Gasteiger partial charge in [-0.1, -0.05) is 29.8 Å². The van der Waals surface area contributed by atoms with Gasteiger partial charge in [0.25, 0.3) is 0 Å². The fourth-order valence-corrected chi connectivity index (χ4v) is 4.41. The van der Waals surface area contributed by atoms with Gasteiger partial charge in [-0.15, -0.1) is 0 Å². The quantitative estimate of drug-likeness (QED) is 0.803. The van der Waals surface area contributed by atoms with Gasteiger partial charge in [0, 0.05) is 45.3 Å². The summed E-state index contributed by atoms with van der Waals surface area (Å²) in [4.78, 5) is 26.2. The van der Waals surface area contributed by atoms with E-state index in [1.54, 1.807) is 0 Å². The molecule has 1 aromatic heterocycles. The summed E-state index contributed by atoms with van der Waals surface area (Å²) in [7, 11) is 3.90. The van der Waals surface area contributed by atoms with Crippen molar-refractivity contribution in [3.8, 4) is 0 Å². The van der Waals surface area contributed by atoms with Crippen LogP contribution in [0.2, 0.25) is 0 Å². The molecule has 0 spiro atoms. The van der Waals surface area contributed by atoms with Gasteiger partial charge in [0.1, 0.15) is 0 Å². The van der Waals surface area contributed by atoms with E-state index in [-0.39, 0.29) is 23.9 Å². The molecule has 0 bridgehead atoms. The number of nitrogens with zero attached hydrogens (tertiary/aromatic N) is 4. The second kappa shape index (κ2) is 8.47. The largest absolute Gasteiger partial charge is 0.347 e. The number of carbonyl (C=O) groups excluding carboxylic acids is 1. The van der Waals surface area contributed by atoms with E-state index in [0.29, 0.717) is 12.4 Å². The van der Waals surface area contributed by atoms with Crippen molar-refractivity contribution in [3.05, 3.63) is 53.3 Å². The second-order valence-corrected chi connectivity index (χ2v) is 8.29. The minimum atomic E-state index is 0.143. The Morgan fingerprint density at radius 1 is 1.24 bits per heavy atom. The molecule has 3 heterocycles. The maximum absolute atomic E-state index is 13.1. The summed E-state index contributed by atoms with van der Waals surface area (Å²) in [5.74, 6) is 1.13.